The van der Waals surface area contributed by atoms with Crippen molar-refractivity contribution in [1.82, 2.24) is 5.32 Å². The van der Waals surface area contributed by atoms with Gasteiger partial charge in [0.2, 0.25) is 0 Å². The molecule has 4 nitrogen and oxygen atoms in total. The van der Waals surface area contributed by atoms with Gasteiger partial charge in [0.25, 0.3) is 0 Å². The third-order valence-electron chi connectivity index (χ3n) is 3.66. The topological polar surface area (TPSA) is 39.7 Å². The Morgan fingerprint density at radius 3 is 2.74 bits per heavy atom. The molecule has 0 radical (unpaired) electrons. The minimum Gasteiger partial charge on any atom is -0.490 e. The lowest BCUT2D eigenvalue weighted by Gasteiger charge is -2.28. The molecule has 0 aromatic heterocycles. The van der Waals surface area contributed by atoms with Gasteiger partial charge in [0.05, 0.1) is 25.9 Å². The maximum absolute atomic E-state index is 6.15. The summed E-state index contributed by atoms with van der Waals surface area (Å²) >= 11 is 0. The molecule has 0 amide bonds. The van der Waals surface area contributed by atoms with Crippen LogP contribution >= 0.6 is 0 Å². The van der Waals surface area contributed by atoms with Gasteiger partial charge >= 0.3 is 0 Å². The van der Waals surface area contributed by atoms with E-state index in [2.05, 4.69) is 11.4 Å². The molecule has 1 atom stereocenters. The van der Waals surface area contributed by atoms with Gasteiger partial charge < -0.3 is 19.5 Å². The monoisotopic (exact) mass is 263 g/mol. The predicted octanol–water partition coefficient (Wildman–Crippen LogP) is 1.91. The Morgan fingerprint density at radius 2 is 1.95 bits per heavy atom. The van der Waals surface area contributed by atoms with Gasteiger partial charge in [-0.1, -0.05) is 18.2 Å². The standard InChI is InChI=1S/C15H21NO3/c1-2-4-14(19-12-5-8-17-9-6-12)13(3-1)15-11-16-7-10-18-15/h1-4,12,15-16H,5-11H2. The van der Waals surface area contributed by atoms with Crippen LogP contribution in [0.15, 0.2) is 24.3 Å². The summed E-state index contributed by atoms with van der Waals surface area (Å²) in [5, 5.41) is 3.36. The molecule has 0 aliphatic carbocycles. The van der Waals surface area contributed by atoms with Crippen LogP contribution < -0.4 is 10.1 Å². The van der Waals surface area contributed by atoms with Crippen molar-refractivity contribution in [2.75, 3.05) is 32.9 Å². The summed E-state index contributed by atoms with van der Waals surface area (Å²) in [6.07, 6.45) is 2.31. The summed E-state index contributed by atoms with van der Waals surface area (Å²) < 4.78 is 17.3. The Kier molecular flexibility index (Phi) is 4.33. The fraction of sp³-hybridized carbons (Fsp3) is 0.600. The van der Waals surface area contributed by atoms with Crippen molar-refractivity contribution in [3.8, 4) is 5.75 Å². The maximum Gasteiger partial charge on any atom is 0.125 e. The Hall–Kier alpha value is -1.10. The highest BCUT2D eigenvalue weighted by atomic mass is 16.5. The Morgan fingerprint density at radius 1 is 1.11 bits per heavy atom. The van der Waals surface area contributed by atoms with Crippen LogP contribution in [-0.4, -0.2) is 39.0 Å². The molecule has 2 aliphatic heterocycles. The highest BCUT2D eigenvalue weighted by molar-refractivity contribution is 5.35. The van der Waals surface area contributed by atoms with Gasteiger partial charge in [0, 0.05) is 31.5 Å². The van der Waals surface area contributed by atoms with E-state index in [0.29, 0.717) is 0 Å². The molecule has 0 saturated carbocycles. The molecule has 1 aromatic rings. The van der Waals surface area contributed by atoms with Crippen molar-refractivity contribution in [3.63, 3.8) is 0 Å². The number of hydrogen-bond donors (Lipinski definition) is 1. The largest absolute Gasteiger partial charge is 0.490 e. The quantitative estimate of drug-likeness (QED) is 0.904. The van der Waals surface area contributed by atoms with E-state index in [1.54, 1.807) is 0 Å². The highest BCUT2D eigenvalue weighted by Gasteiger charge is 2.22. The second-order valence-corrected chi connectivity index (χ2v) is 5.03. The van der Waals surface area contributed by atoms with E-state index < -0.39 is 0 Å². The molecule has 2 saturated heterocycles. The molecule has 19 heavy (non-hydrogen) atoms. The zero-order chi connectivity index (χ0) is 12.9. The summed E-state index contributed by atoms with van der Waals surface area (Å²) in [7, 11) is 0. The first kappa shape index (κ1) is 12.9. The maximum atomic E-state index is 6.15. The lowest BCUT2D eigenvalue weighted by molar-refractivity contribution is 0.0136. The molecule has 104 valence electrons. The van der Waals surface area contributed by atoms with Gasteiger partial charge in [-0.05, 0) is 6.07 Å². The van der Waals surface area contributed by atoms with Crippen molar-refractivity contribution in [2.24, 2.45) is 0 Å². The van der Waals surface area contributed by atoms with E-state index in [-0.39, 0.29) is 12.2 Å². The van der Waals surface area contributed by atoms with E-state index in [9.17, 15) is 0 Å². The summed E-state index contributed by atoms with van der Waals surface area (Å²) in [6, 6.07) is 8.22. The van der Waals surface area contributed by atoms with Gasteiger partial charge in [-0.25, -0.2) is 0 Å². The van der Waals surface area contributed by atoms with Crippen molar-refractivity contribution in [1.29, 1.82) is 0 Å². The zero-order valence-corrected chi connectivity index (χ0v) is 11.1. The smallest absolute Gasteiger partial charge is 0.125 e. The molecular weight excluding hydrogens is 242 g/mol. The van der Waals surface area contributed by atoms with Gasteiger partial charge in [0.1, 0.15) is 11.9 Å². The first-order valence-corrected chi connectivity index (χ1v) is 7.09. The molecule has 1 N–H and O–H groups in total. The third-order valence-corrected chi connectivity index (χ3v) is 3.66. The van der Waals surface area contributed by atoms with Crippen LogP contribution in [0.25, 0.3) is 0 Å². The molecule has 0 spiro atoms. The molecule has 0 bridgehead atoms. The van der Waals surface area contributed by atoms with Crippen LogP contribution in [0.1, 0.15) is 24.5 Å². The fourth-order valence-electron chi connectivity index (χ4n) is 2.59. The molecule has 1 aromatic carbocycles. The van der Waals surface area contributed by atoms with Gasteiger partial charge in [-0.3, -0.25) is 0 Å². The van der Waals surface area contributed by atoms with E-state index >= 15 is 0 Å². The minimum atomic E-state index is 0.102. The second kappa shape index (κ2) is 6.37. The van der Waals surface area contributed by atoms with Crippen LogP contribution in [0, 0.1) is 0 Å². The number of morpholine rings is 1. The van der Waals surface area contributed by atoms with Crippen LogP contribution in [-0.2, 0) is 9.47 Å². The molecule has 2 heterocycles. The molecular formula is C15H21NO3. The van der Waals surface area contributed by atoms with E-state index in [1.165, 1.54) is 0 Å². The van der Waals surface area contributed by atoms with Gasteiger partial charge in [-0.15, -0.1) is 0 Å². The lowest BCUT2D eigenvalue weighted by atomic mass is 10.1. The predicted molar refractivity (Wildman–Crippen MR) is 72.5 cm³/mol. The van der Waals surface area contributed by atoms with Crippen LogP contribution in [0.2, 0.25) is 0 Å². The number of para-hydroxylation sites is 1. The number of ether oxygens (including phenoxy) is 3. The van der Waals surface area contributed by atoms with E-state index in [1.807, 2.05) is 18.2 Å². The van der Waals surface area contributed by atoms with E-state index in [0.717, 1.165) is 57.1 Å². The normalized spacial score (nSPS) is 25.2. The van der Waals surface area contributed by atoms with Gasteiger partial charge in [0.15, 0.2) is 0 Å². The average molecular weight is 263 g/mol. The number of hydrogen-bond acceptors (Lipinski definition) is 4. The van der Waals surface area contributed by atoms with E-state index in [4.69, 9.17) is 14.2 Å². The van der Waals surface area contributed by atoms with Gasteiger partial charge in [-0.2, -0.15) is 0 Å². The highest BCUT2D eigenvalue weighted by Crippen LogP contribution is 2.30. The first-order valence-electron chi connectivity index (χ1n) is 7.09. The molecule has 3 rings (SSSR count). The van der Waals surface area contributed by atoms with Crippen LogP contribution in [0.3, 0.4) is 0 Å². The summed E-state index contributed by atoms with van der Waals surface area (Å²) in [5.74, 6) is 0.961. The number of benzene rings is 1. The SMILES string of the molecule is c1ccc(C2CNCCO2)c(OC2CCOCC2)c1. The average Bonchev–Trinajstić information content (AvgIpc) is 2.50. The fourth-order valence-corrected chi connectivity index (χ4v) is 2.59. The second-order valence-electron chi connectivity index (χ2n) is 5.03. The zero-order valence-electron chi connectivity index (χ0n) is 11.1. The first-order chi connectivity index (χ1) is 9.43. The molecule has 4 heteroatoms. The molecule has 2 fully saturated rings. The number of rotatable bonds is 3. The van der Waals surface area contributed by atoms with Crippen LogP contribution in [0.5, 0.6) is 5.75 Å². The van der Waals surface area contributed by atoms with Crippen molar-refractivity contribution >= 4 is 0 Å². The third kappa shape index (κ3) is 3.26. The number of nitrogens with one attached hydrogen (secondary N) is 1. The molecule has 1 unspecified atom stereocenters. The Labute approximate surface area is 114 Å². The summed E-state index contributed by atoms with van der Waals surface area (Å²) in [6.45, 7) is 4.15. The lowest BCUT2D eigenvalue weighted by Crippen LogP contribution is -2.34. The summed E-state index contributed by atoms with van der Waals surface area (Å²) in [4.78, 5) is 0. The van der Waals surface area contributed by atoms with Crippen LogP contribution in [0.4, 0.5) is 0 Å². The van der Waals surface area contributed by atoms with Crippen molar-refractivity contribution in [2.45, 2.75) is 25.0 Å². The molecule has 2 aliphatic rings. The summed E-state index contributed by atoms with van der Waals surface area (Å²) in [5.41, 5.74) is 1.15. The Bertz CT molecular complexity index is 398. The van der Waals surface area contributed by atoms with Crippen molar-refractivity contribution < 1.29 is 14.2 Å². The van der Waals surface area contributed by atoms with Crippen molar-refractivity contribution in [3.05, 3.63) is 29.8 Å². The Balaban J connectivity index is 1.72. The minimum absolute atomic E-state index is 0.102.